The summed E-state index contributed by atoms with van der Waals surface area (Å²) in [5.74, 6) is -0.101. The summed E-state index contributed by atoms with van der Waals surface area (Å²) >= 11 is 0. The summed E-state index contributed by atoms with van der Waals surface area (Å²) in [6.45, 7) is 0.226. The molecule has 1 aliphatic rings. The summed E-state index contributed by atoms with van der Waals surface area (Å²) in [6.07, 6.45) is 3.09. The largest absolute Gasteiger partial charge is 0.423 e. The first-order valence-corrected chi connectivity index (χ1v) is 6.83. The average Bonchev–Trinajstić information content (AvgIpc) is 2.87. The average molecular weight is 299 g/mol. The van der Waals surface area contributed by atoms with Crippen molar-refractivity contribution in [3.63, 3.8) is 0 Å². The number of amides is 1. The number of benzene rings is 1. The SMILES string of the molecule is [N-]=[N+]=NCCc1cn(-c2ccc3c(c2)NC(=O)CC3)c(=O)o1. The van der Waals surface area contributed by atoms with Crippen LogP contribution in [0.25, 0.3) is 16.1 Å². The van der Waals surface area contributed by atoms with Crippen molar-refractivity contribution >= 4 is 11.6 Å². The third-order valence-electron chi connectivity index (χ3n) is 3.48. The second kappa shape index (κ2) is 5.79. The summed E-state index contributed by atoms with van der Waals surface area (Å²) in [6, 6.07) is 5.45. The van der Waals surface area contributed by atoms with Crippen LogP contribution in [0, 0.1) is 0 Å². The molecule has 0 saturated carbocycles. The number of carbonyl (C=O) groups is 1. The van der Waals surface area contributed by atoms with E-state index in [2.05, 4.69) is 15.3 Å². The molecule has 3 rings (SSSR count). The molecule has 1 N–H and O–H groups in total. The summed E-state index contributed by atoms with van der Waals surface area (Å²) in [5.41, 5.74) is 10.6. The fourth-order valence-electron chi connectivity index (χ4n) is 2.39. The molecule has 1 aliphatic heterocycles. The maximum absolute atomic E-state index is 11.9. The minimum absolute atomic E-state index is 0.0285. The number of aryl methyl sites for hydroxylation is 1. The molecule has 22 heavy (non-hydrogen) atoms. The van der Waals surface area contributed by atoms with Gasteiger partial charge in [-0.3, -0.25) is 4.79 Å². The molecule has 0 spiro atoms. The van der Waals surface area contributed by atoms with E-state index in [1.165, 1.54) is 4.57 Å². The Balaban J connectivity index is 1.91. The van der Waals surface area contributed by atoms with Crippen LogP contribution in [0.3, 0.4) is 0 Å². The van der Waals surface area contributed by atoms with Gasteiger partial charge in [-0.2, -0.15) is 0 Å². The van der Waals surface area contributed by atoms with Gasteiger partial charge in [0.2, 0.25) is 5.91 Å². The number of aromatic nitrogens is 1. The Morgan fingerprint density at radius 3 is 3.05 bits per heavy atom. The first kappa shape index (κ1) is 14.0. The number of hydrogen-bond acceptors (Lipinski definition) is 4. The molecule has 0 aliphatic carbocycles. The summed E-state index contributed by atoms with van der Waals surface area (Å²) < 4.78 is 6.49. The van der Waals surface area contributed by atoms with Gasteiger partial charge in [0.15, 0.2) is 0 Å². The topological polar surface area (TPSA) is 113 Å². The number of fused-ring (bicyclic) bond motifs is 1. The van der Waals surface area contributed by atoms with E-state index >= 15 is 0 Å². The van der Waals surface area contributed by atoms with E-state index in [-0.39, 0.29) is 12.5 Å². The molecule has 1 aromatic carbocycles. The zero-order valence-electron chi connectivity index (χ0n) is 11.7. The van der Waals surface area contributed by atoms with E-state index in [0.717, 1.165) is 11.3 Å². The predicted octanol–water partition coefficient (Wildman–Crippen LogP) is 2.17. The van der Waals surface area contributed by atoms with Crippen molar-refractivity contribution in [2.75, 3.05) is 11.9 Å². The maximum Gasteiger partial charge on any atom is 0.423 e. The van der Waals surface area contributed by atoms with Crippen molar-refractivity contribution in [2.45, 2.75) is 19.3 Å². The molecule has 2 heterocycles. The Morgan fingerprint density at radius 1 is 1.36 bits per heavy atom. The third kappa shape index (κ3) is 2.72. The van der Waals surface area contributed by atoms with Crippen molar-refractivity contribution in [1.82, 2.24) is 4.57 Å². The molecular weight excluding hydrogens is 286 g/mol. The second-order valence-corrected chi connectivity index (χ2v) is 4.93. The first-order valence-electron chi connectivity index (χ1n) is 6.83. The van der Waals surface area contributed by atoms with Crippen molar-refractivity contribution < 1.29 is 9.21 Å². The second-order valence-electron chi connectivity index (χ2n) is 4.93. The molecule has 0 saturated heterocycles. The molecular formula is C14H13N5O3. The molecule has 0 fully saturated rings. The minimum atomic E-state index is -0.516. The number of azide groups is 1. The Labute approximate surface area is 125 Å². The maximum atomic E-state index is 11.9. The van der Waals surface area contributed by atoms with E-state index in [1.807, 2.05) is 12.1 Å². The van der Waals surface area contributed by atoms with Gasteiger partial charge in [0.05, 0.1) is 11.9 Å². The van der Waals surface area contributed by atoms with E-state index in [0.29, 0.717) is 30.7 Å². The Bertz CT molecular complexity index is 829. The van der Waals surface area contributed by atoms with Crippen LogP contribution in [-0.4, -0.2) is 17.0 Å². The lowest BCUT2D eigenvalue weighted by Gasteiger charge is -2.17. The van der Waals surface area contributed by atoms with Crippen LogP contribution in [0.2, 0.25) is 0 Å². The van der Waals surface area contributed by atoms with Gasteiger partial charge >= 0.3 is 5.76 Å². The minimum Gasteiger partial charge on any atom is -0.413 e. The van der Waals surface area contributed by atoms with Gasteiger partial charge in [0, 0.05) is 30.0 Å². The molecule has 112 valence electrons. The van der Waals surface area contributed by atoms with Crippen molar-refractivity contribution in [2.24, 2.45) is 5.11 Å². The highest BCUT2D eigenvalue weighted by Gasteiger charge is 2.16. The van der Waals surface area contributed by atoms with Gasteiger partial charge in [-0.1, -0.05) is 11.2 Å². The Morgan fingerprint density at radius 2 is 2.23 bits per heavy atom. The lowest BCUT2D eigenvalue weighted by atomic mass is 10.0. The van der Waals surface area contributed by atoms with Crippen LogP contribution >= 0.6 is 0 Å². The van der Waals surface area contributed by atoms with Crippen molar-refractivity contribution in [3.8, 4) is 5.69 Å². The normalized spacial score (nSPS) is 13.2. The highest BCUT2D eigenvalue weighted by atomic mass is 16.4. The van der Waals surface area contributed by atoms with Gasteiger partial charge in [-0.05, 0) is 29.6 Å². The number of nitrogens with one attached hydrogen (secondary N) is 1. The Hall–Kier alpha value is -2.99. The predicted molar refractivity (Wildman–Crippen MR) is 79.0 cm³/mol. The number of rotatable bonds is 4. The van der Waals surface area contributed by atoms with E-state index in [4.69, 9.17) is 9.95 Å². The number of hydrogen-bond donors (Lipinski definition) is 1. The zero-order chi connectivity index (χ0) is 15.5. The quantitative estimate of drug-likeness (QED) is 0.530. The molecule has 8 heteroatoms. The van der Waals surface area contributed by atoms with Gasteiger partial charge in [0.25, 0.3) is 0 Å². The van der Waals surface area contributed by atoms with E-state index in [9.17, 15) is 9.59 Å². The fourth-order valence-corrected chi connectivity index (χ4v) is 2.39. The molecule has 8 nitrogen and oxygen atoms in total. The smallest absolute Gasteiger partial charge is 0.413 e. The van der Waals surface area contributed by atoms with Gasteiger partial charge < -0.3 is 9.73 Å². The molecule has 0 unspecified atom stereocenters. The Kier molecular flexibility index (Phi) is 3.67. The van der Waals surface area contributed by atoms with Crippen LogP contribution in [0.15, 0.2) is 38.7 Å². The van der Waals surface area contributed by atoms with Crippen molar-refractivity contribution in [1.29, 1.82) is 0 Å². The summed E-state index contributed by atoms with van der Waals surface area (Å²) in [7, 11) is 0. The van der Waals surface area contributed by atoms with Crippen molar-refractivity contribution in [3.05, 3.63) is 56.7 Å². The molecule has 0 radical (unpaired) electrons. The number of carbonyl (C=O) groups excluding carboxylic acids is 1. The molecule has 0 bridgehead atoms. The first-order chi connectivity index (χ1) is 10.7. The van der Waals surface area contributed by atoms with Gasteiger partial charge in [-0.15, -0.1) is 0 Å². The van der Waals surface area contributed by atoms with Crippen LogP contribution < -0.4 is 11.1 Å². The molecule has 0 atom stereocenters. The van der Waals surface area contributed by atoms with E-state index in [1.54, 1.807) is 12.3 Å². The van der Waals surface area contributed by atoms with Crippen LogP contribution in [0.5, 0.6) is 0 Å². The fraction of sp³-hybridized carbons (Fsp3) is 0.286. The van der Waals surface area contributed by atoms with Gasteiger partial charge in [0.1, 0.15) is 5.76 Å². The molecule has 2 aromatic rings. The lowest BCUT2D eigenvalue weighted by Crippen LogP contribution is -2.19. The monoisotopic (exact) mass is 299 g/mol. The number of nitrogens with zero attached hydrogens (tertiary/aromatic N) is 4. The summed E-state index contributed by atoms with van der Waals surface area (Å²) in [4.78, 5) is 26.0. The van der Waals surface area contributed by atoms with Crippen LogP contribution in [0.4, 0.5) is 5.69 Å². The lowest BCUT2D eigenvalue weighted by molar-refractivity contribution is -0.116. The molecule has 1 amide bonds. The third-order valence-corrected chi connectivity index (χ3v) is 3.48. The number of oxazole rings is 1. The molecule has 1 aromatic heterocycles. The van der Waals surface area contributed by atoms with Crippen LogP contribution in [0.1, 0.15) is 17.7 Å². The van der Waals surface area contributed by atoms with Crippen LogP contribution in [-0.2, 0) is 17.6 Å². The standard InChI is InChI=1S/C14H13N5O3/c15-18-16-6-5-11-8-19(14(21)22-11)10-3-1-9-2-4-13(20)17-12(9)7-10/h1,3,7-8H,2,4-6H2,(H,17,20). The highest BCUT2D eigenvalue weighted by molar-refractivity contribution is 5.94. The summed E-state index contributed by atoms with van der Waals surface area (Å²) in [5, 5.41) is 6.20. The van der Waals surface area contributed by atoms with Gasteiger partial charge in [-0.25, -0.2) is 9.36 Å². The number of anilines is 1. The zero-order valence-corrected chi connectivity index (χ0v) is 11.7. The highest BCUT2D eigenvalue weighted by Crippen LogP contribution is 2.25. The van der Waals surface area contributed by atoms with E-state index < -0.39 is 5.76 Å².